The van der Waals surface area contributed by atoms with Crippen LogP contribution in [0.2, 0.25) is 0 Å². The van der Waals surface area contributed by atoms with Gasteiger partial charge < -0.3 is 5.32 Å². The van der Waals surface area contributed by atoms with Gasteiger partial charge in [0.15, 0.2) is 0 Å². The second kappa shape index (κ2) is 4.37. The standard InChI is InChI=1S/C9H19N3O2S/c1-10-4-5-11-15(13,14)12-7-8-2-3-9(12)6-8/h8-11H,2-7H2,1H3. The van der Waals surface area contributed by atoms with Gasteiger partial charge in [0, 0.05) is 25.7 Å². The van der Waals surface area contributed by atoms with Gasteiger partial charge >= 0.3 is 0 Å². The van der Waals surface area contributed by atoms with Crippen molar-refractivity contribution in [2.75, 3.05) is 26.7 Å². The van der Waals surface area contributed by atoms with Crippen molar-refractivity contribution in [2.24, 2.45) is 5.92 Å². The van der Waals surface area contributed by atoms with Crippen LogP contribution in [0.25, 0.3) is 0 Å². The number of hydrogen-bond donors (Lipinski definition) is 2. The Morgan fingerprint density at radius 3 is 2.67 bits per heavy atom. The zero-order valence-corrected chi connectivity index (χ0v) is 9.89. The summed E-state index contributed by atoms with van der Waals surface area (Å²) in [6.07, 6.45) is 3.30. The summed E-state index contributed by atoms with van der Waals surface area (Å²) in [7, 11) is -1.41. The van der Waals surface area contributed by atoms with Gasteiger partial charge in [0.25, 0.3) is 10.2 Å². The molecule has 0 amide bonds. The minimum absolute atomic E-state index is 0.266. The zero-order valence-electron chi connectivity index (χ0n) is 9.07. The van der Waals surface area contributed by atoms with E-state index in [2.05, 4.69) is 10.0 Å². The van der Waals surface area contributed by atoms with Gasteiger partial charge in [-0.15, -0.1) is 0 Å². The molecule has 6 heteroatoms. The highest BCUT2D eigenvalue weighted by Gasteiger charge is 2.43. The normalized spacial score (nSPS) is 31.3. The van der Waals surface area contributed by atoms with Crippen LogP contribution >= 0.6 is 0 Å². The number of piperidine rings is 1. The minimum atomic E-state index is -3.22. The lowest BCUT2D eigenvalue weighted by molar-refractivity contribution is 0.329. The van der Waals surface area contributed by atoms with Crippen molar-refractivity contribution in [2.45, 2.75) is 25.3 Å². The molecule has 0 aromatic rings. The molecule has 1 saturated heterocycles. The van der Waals surface area contributed by atoms with E-state index in [-0.39, 0.29) is 6.04 Å². The lowest BCUT2D eigenvalue weighted by Crippen LogP contribution is -2.46. The molecule has 5 nitrogen and oxygen atoms in total. The summed E-state index contributed by atoms with van der Waals surface area (Å²) in [6, 6.07) is 0.266. The molecule has 2 fully saturated rings. The van der Waals surface area contributed by atoms with Crippen LogP contribution in [0, 0.1) is 5.92 Å². The number of nitrogens with one attached hydrogen (secondary N) is 2. The highest BCUT2D eigenvalue weighted by Crippen LogP contribution is 2.38. The van der Waals surface area contributed by atoms with Crippen molar-refractivity contribution < 1.29 is 8.42 Å². The molecular weight excluding hydrogens is 214 g/mol. The number of fused-ring (bicyclic) bond motifs is 2. The molecule has 1 aliphatic heterocycles. The molecule has 1 saturated carbocycles. The highest BCUT2D eigenvalue weighted by molar-refractivity contribution is 7.87. The average molecular weight is 233 g/mol. The highest BCUT2D eigenvalue weighted by atomic mass is 32.2. The molecule has 2 bridgehead atoms. The van der Waals surface area contributed by atoms with Crippen LogP contribution < -0.4 is 10.0 Å². The van der Waals surface area contributed by atoms with Crippen molar-refractivity contribution in [3.8, 4) is 0 Å². The number of nitrogens with zero attached hydrogens (tertiary/aromatic N) is 1. The Labute approximate surface area is 91.4 Å². The van der Waals surface area contributed by atoms with Gasteiger partial charge in [0.1, 0.15) is 0 Å². The predicted octanol–water partition coefficient (Wildman–Crippen LogP) is -0.475. The van der Waals surface area contributed by atoms with Crippen LogP contribution in [0.15, 0.2) is 0 Å². The van der Waals surface area contributed by atoms with Gasteiger partial charge in [-0.05, 0) is 32.2 Å². The molecule has 2 aliphatic rings. The quantitative estimate of drug-likeness (QED) is 0.631. The van der Waals surface area contributed by atoms with E-state index >= 15 is 0 Å². The van der Waals surface area contributed by atoms with Gasteiger partial charge in [0.2, 0.25) is 0 Å². The fourth-order valence-electron chi connectivity index (χ4n) is 2.56. The third-order valence-corrected chi connectivity index (χ3v) is 4.96. The lowest BCUT2D eigenvalue weighted by atomic mass is 10.1. The van der Waals surface area contributed by atoms with Crippen LogP contribution in [0.3, 0.4) is 0 Å². The van der Waals surface area contributed by atoms with Crippen molar-refractivity contribution in [3.63, 3.8) is 0 Å². The molecular formula is C9H19N3O2S. The monoisotopic (exact) mass is 233 g/mol. The first-order valence-corrected chi connectivity index (χ1v) is 6.98. The predicted molar refractivity (Wildman–Crippen MR) is 58.7 cm³/mol. The summed E-state index contributed by atoms with van der Waals surface area (Å²) in [4.78, 5) is 0. The van der Waals surface area contributed by atoms with E-state index in [4.69, 9.17) is 0 Å². The molecule has 0 aromatic heterocycles. The molecule has 2 rings (SSSR count). The van der Waals surface area contributed by atoms with Gasteiger partial charge in [-0.1, -0.05) is 0 Å². The molecule has 2 N–H and O–H groups in total. The Kier molecular flexibility index (Phi) is 3.30. The van der Waals surface area contributed by atoms with Gasteiger partial charge in [0.05, 0.1) is 0 Å². The van der Waals surface area contributed by atoms with E-state index in [1.54, 1.807) is 4.31 Å². The van der Waals surface area contributed by atoms with E-state index in [0.717, 1.165) is 19.4 Å². The maximum Gasteiger partial charge on any atom is 0.279 e. The lowest BCUT2D eigenvalue weighted by Gasteiger charge is -2.26. The summed E-state index contributed by atoms with van der Waals surface area (Å²) >= 11 is 0. The van der Waals surface area contributed by atoms with Crippen LogP contribution in [0.1, 0.15) is 19.3 Å². The first kappa shape index (κ1) is 11.3. The van der Waals surface area contributed by atoms with Crippen LogP contribution in [0.5, 0.6) is 0 Å². The Balaban J connectivity index is 1.92. The third kappa shape index (κ3) is 2.33. The molecule has 15 heavy (non-hydrogen) atoms. The van der Waals surface area contributed by atoms with E-state index < -0.39 is 10.2 Å². The molecule has 0 aromatic carbocycles. The molecule has 88 valence electrons. The van der Waals surface area contributed by atoms with E-state index in [1.807, 2.05) is 7.05 Å². The molecule has 0 spiro atoms. The molecule has 2 atom stereocenters. The number of rotatable bonds is 5. The molecule has 0 radical (unpaired) electrons. The Morgan fingerprint density at radius 1 is 1.33 bits per heavy atom. The topological polar surface area (TPSA) is 61.4 Å². The summed E-state index contributed by atoms with van der Waals surface area (Å²) in [5.74, 6) is 0.607. The summed E-state index contributed by atoms with van der Waals surface area (Å²) in [6.45, 7) is 1.85. The van der Waals surface area contributed by atoms with Gasteiger partial charge in [-0.25, -0.2) is 4.72 Å². The van der Waals surface area contributed by atoms with Crippen molar-refractivity contribution in [1.82, 2.24) is 14.3 Å². The van der Waals surface area contributed by atoms with Crippen molar-refractivity contribution in [1.29, 1.82) is 0 Å². The maximum atomic E-state index is 11.9. The van der Waals surface area contributed by atoms with E-state index in [0.29, 0.717) is 19.0 Å². The van der Waals surface area contributed by atoms with Gasteiger partial charge in [-0.2, -0.15) is 12.7 Å². The fourth-order valence-corrected chi connectivity index (χ4v) is 4.08. The smallest absolute Gasteiger partial charge is 0.279 e. The summed E-state index contributed by atoms with van der Waals surface area (Å²) in [5, 5.41) is 2.92. The Hall–Kier alpha value is -0.170. The second-order valence-electron chi connectivity index (χ2n) is 4.41. The largest absolute Gasteiger partial charge is 0.318 e. The van der Waals surface area contributed by atoms with Gasteiger partial charge in [-0.3, -0.25) is 0 Å². The molecule has 1 heterocycles. The summed E-state index contributed by atoms with van der Waals surface area (Å²) < 4.78 is 28.0. The Bertz CT molecular complexity index is 317. The fraction of sp³-hybridized carbons (Fsp3) is 1.00. The first-order chi connectivity index (χ1) is 7.13. The SMILES string of the molecule is CNCCNS(=O)(=O)N1CC2CCC1C2. The van der Waals surface area contributed by atoms with Crippen molar-refractivity contribution >= 4 is 10.2 Å². The molecule has 2 unspecified atom stereocenters. The third-order valence-electron chi connectivity index (χ3n) is 3.33. The molecule has 1 aliphatic carbocycles. The van der Waals surface area contributed by atoms with Crippen LogP contribution in [-0.4, -0.2) is 45.4 Å². The summed E-state index contributed by atoms with van der Waals surface area (Å²) in [5.41, 5.74) is 0. The van der Waals surface area contributed by atoms with E-state index in [9.17, 15) is 8.42 Å². The Morgan fingerprint density at radius 2 is 2.13 bits per heavy atom. The number of likely N-dealkylation sites (N-methyl/N-ethyl adjacent to an activating group) is 1. The first-order valence-electron chi connectivity index (χ1n) is 5.54. The second-order valence-corrected chi connectivity index (χ2v) is 6.11. The van der Waals surface area contributed by atoms with E-state index in [1.165, 1.54) is 6.42 Å². The average Bonchev–Trinajstić information content (AvgIpc) is 2.79. The zero-order chi connectivity index (χ0) is 10.9. The number of hydrogen-bond acceptors (Lipinski definition) is 3. The van der Waals surface area contributed by atoms with Crippen LogP contribution in [-0.2, 0) is 10.2 Å². The minimum Gasteiger partial charge on any atom is -0.318 e. The van der Waals surface area contributed by atoms with Crippen molar-refractivity contribution in [3.05, 3.63) is 0 Å². The maximum absolute atomic E-state index is 11.9. The van der Waals surface area contributed by atoms with Crippen LogP contribution in [0.4, 0.5) is 0 Å².